The maximum atomic E-state index is 13.1. The van der Waals surface area contributed by atoms with E-state index in [4.69, 9.17) is 4.74 Å². The predicted octanol–water partition coefficient (Wildman–Crippen LogP) is 3.81. The lowest BCUT2D eigenvalue weighted by atomic mass is 10.1. The molecule has 5 heteroatoms. The number of aryl methyl sites for hydroxylation is 1. The zero-order valence-electron chi connectivity index (χ0n) is 15.4. The summed E-state index contributed by atoms with van der Waals surface area (Å²) in [6, 6.07) is 8.38. The van der Waals surface area contributed by atoms with E-state index in [0.717, 1.165) is 48.4 Å². The van der Waals surface area contributed by atoms with Crippen LogP contribution in [0.25, 0.3) is 0 Å². The van der Waals surface area contributed by atoms with Crippen LogP contribution in [0.5, 0.6) is 5.75 Å². The van der Waals surface area contributed by atoms with Crippen LogP contribution < -0.4 is 4.74 Å². The summed E-state index contributed by atoms with van der Waals surface area (Å²) in [7, 11) is 0. The van der Waals surface area contributed by atoms with Gasteiger partial charge in [0.25, 0.3) is 5.91 Å². The highest BCUT2D eigenvalue weighted by Gasteiger charge is 2.34. The standard InChI is InChI=1S/C20H27N3O2/c1-4-12-23-15(3)19(13-21-23)20(24)22(17-8-9-17)14-16-6-10-18(11-7-16)25-5-2/h6-7,10-11,13,17H,4-5,8-9,12,14H2,1-3H3. The van der Waals surface area contributed by atoms with Gasteiger partial charge in [-0.3, -0.25) is 9.48 Å². The third-order valence-corrected chi connectivity index (χ3v) is 4.60. The molecule has 1 saturated carbocycles. The monoisotopic (exact) mass is 341 g/mol. The molecule has 0 bridgehead atoms. The van der Waals surface area contributed by atoms with E-state index in [-0.39, 0.29) is 5.91 Å². The van der Waals surface area contributed by atoms with Crippen molar-refractivity contribution in [2.75, 3.05) is 6.61 Å². The minimum absolute atomic E-state index is 0.0937. The molecular formula is C20H27N3O2. The number of rotatable bonds is 8. The van der Waals surface area contributed by atoms with Gasteiger partial charge in [0.2, 0.25) is 0 Å². The molecule has 1 aromatic heterocycles. The predicted molar refractivity (Wildman–Crippen MR) is 97.8 cm³/mol. The van der Waals surface area contributed by atoms with E-state index in [0.29, 0.717) is 19.2 Å². The zero-order valence-corrected chi connectivity index (χ0v) is 15.4. The molecule has 0 spiro atoms. The topological polar surface area (TPSA) is 47.4 Å². The summed E-state index contributed by atoms with van der Waals surface area (Å²) in [5, 5.41) is 4.38. The van der Waals surface area contributed by atoms with E-state index in [1.807, 2.05) is 47.7 Å². The van der Waals surface area contributed by atoms with Crippen LogP contribution in [-0.2, 0) is 13.1 Å². The molecule has 134 valence electrons. The van der Waals surface area contributed by atoms with Gasteiger partial charge in [-0.15, -0.1) is 0 Å². The number of benzene rings is 1. The maximum Gasteiger partial charge on any atom is 0.257 e. The smallest absolute Gasteiger partial charge is 0.257 e. The first-order chi connectivity index (χ1) is 12.1. The van der Waals surface area contributed by atoms with Crippen molar-refractivity contribution in [3.05, 3.63) is 47.3 Å². The molecule has 5 nitrogen and oxygen atoms in total. The number of hydrogen-bond donors (Lipinski definition) is 0. The Kier molecular flexibility index (Phi) is 5.41. The molecule has 0 N–H and O–H groups in total. The molecule has 1 aliphatic rings. The first kappa shape index (κ1) is 17.5. The van der Waals surface area contributed by atoms with E-state index in [1.54, 1.807) is 6.20 Å². The van der Waals surface area contributed by atoms with Crippen molar-refractivity contribution in [2.24, 2.45) is 0 Å². The van der Waals surface area contributed by atoms with Gasteiger partial charge in [-0.25, -0.2) is 0 Å². The van der Waals surface area contributed by atoms with Crippen LogP contribution in [0.15, 0.2) is 30.5 Å². The van der Waals surface area contributed by atoms with Crippen molar-refractivity contribution >= 4 is 5.91 Å². The molecule has 1 aromatic carbocycles. The molecule has 1 amide bonds. The van der Waals surface area contributed by atoms with Gasteiger partial charge < -0.3 is 9.64 Å². The lowest BCUT2D eigenvalue weighted by Crippen LogP contribution is -2.32. The molecular weight excluding hydrogens is 314 g/mol. The van der Waals surface area contributed by atoms with Crippen LogP contribution in [-0.4, -0.2) is 33.2 Å². The van der Waals surface area contributed by atoms with Crippen LogP contribution >= 0.6 is 0 Å². The van der Waals surface area contributed by atoms with Crippen molar-refractivity contribution in [3.63, 3.8) is 0 Å². The lowest BCUT2D eigenvalue weighted by molar-refractivity contribution is 0.0729. The van der Waals surface area contributed by atoms with Gasteiger partial charge in [0.1, 0.15) is 5.75 Å². The summed E-state index contributed by atoms with van der Waals surface area (Å²) in [6.45, 7) is 8.22. The Balaban J connectivity index is 1.75. The SMILES string of the molecule is CCCn1ncc(C(=O)N(Cc2ccc(OCC)cc2)C2CC2)c1C. The highest BCUT2D eigenvalue weighted by Crippen LogP contribution is 2.30. The summed E-state index contributed by atoms with van der Waals surface area (Å²) < 4.78 is 7.42. The van der Waals surface area contributed by atoms with E-state index < -0.39 is 0 Å². The summed E-state index contributed by atoms with van der Waals surface area (Å²) >= 11 is 0. The van der Waals surface area contributed by atoms with Crippen molar-refractivity contribution in [1.82, 2.24) is 14.7 Å². The summed E-state index contributed by atoms with van der Waals surface area (Å²) in [5.41, 5.74) is 2.82. The molecule has 0 radical (unpaired) electrons. The average Bonchev–Trinajstić information content (AvgIpc) is 3.39. The summed E-state index contributed by atoms with van der Waals surface area (Å²) in [5.74, 6) is 0.962. The first-order valence-corrected chi connectivity index (χ1v) is 9.19. The van der Waals surface area contributed by atoms with Gasteiger partial charge in [0, 0.05) is 24.8 Å². The number of carbonyl (C=O) groups excluding carboxylic acids is 1. The molecule has 0 saturated heterocycles. The largest absolute Gasteiger partial charge is 0.494 e. The van der Waals surface area contributed by atoms with E-state index in [2.05, 4.69) is 12.0 Å². The third-order valence-electron chi connectivity index (χ3n) is 4.60. The number of nitrogens with zero attached hydrogens (tertiary/aromatic N) is 3. The lowest BCUT2D eigenvalue weighted by Gasteiger charge is -2.22. The number of ether oxygens (including phenoxy) is 1. The van der Waals surface area contributed by atoms with Gasteiger partial charge >= 0.3 is 0 Å². The normalized spacial score (nSPS) is 13.7. The van der Waals surface area contributed by atoms with Crippen molar-refractivity contribution in [3.8, 4) is 5.75 Å². The van der Waals surface area contributed by atoms with Crippen LogP contribution in [0, 0.1) is 6.92 Å². The van der Waals surface area contributed by atoms with Gasteiger partial charge in [0.05, 0.1) is 18.4 Å². The fourth-order valence-electron chi connectivity index (χ4n) is 3.06. The van der Waals surface area contributed by atoms with Crippen LogP contribution in [0.4, 0.5) is 0 Å². The van der Waals surface area contributed by atoms with Crippen LogP contribution in [0.3, 0.4) is 0 Å². The van der Waals surface area contributed by atoms with Crippen molar-refractivity contribution in [1.29, 1.82) is 0 Å². The third kappa shape index (κ3) is 4.03. The van der Waals surface area contributed by atoms with E-state index >= 15 is 0 Å². The van der Waals surface area contributed by atoms with Crippen LogP contribution in [0.1, 0.15) is 54.7 Å². The number of carbonyl (C=O) groups is 1. The molecule has 25 heavy (non-hydrogen) atoms. The quantitative estimate of drug-likeness (QED) is 0.733. The van der Waals surface area contributed by atoms with Crippen LogP contribution in [0.2, 0.25) is 0 Å². The second-order valence-corrected chi connectivity index (χ2v) is 6.61. The van der Waals surface area contributed by atoms with E-state index in [9.17, 15) is 4.79 Å². The minimum atomic E-state index is 0.0937. The first-order valence-electron chi connectivity index (χ1n) is 9.19. The molecule has 3 rings (SSSR count). The summed E-state index contributed by atoms with van der Waals surface area (Å²) in [4.78, 5) is 15.1. The zero-order chi connectivity index (χ0) is 17.8. The highest BCUT2D eigenvalue weighted by molar-refractivity contribution is 5.95. The summed E-state index contributed by atoms with van der Waals surface area (Å²) in [6.07, 6.45) is 4.91. The Morgan fingerprint density at radius 2 is 2.00 bits per heavy atom. The van der Waals surface area contributed by atoms with Gasteiger partial charge in [-0.05, 0) is 50.8 Å². The second-order valence-electron chi connectivity index (χ2n) is 6.61. The van der Waals surface area contributed by atoms with Gasteiger partial charge in [-0.1, -0.05) is 19.1 Å². The molecule has 1 heterocycles. The Morgan fingerprint density at radius 3 is 2.60 bits per heavy atom. The molecule has 0 aliphatic heterocycles. The fourth-order valence-corrected chi connectivity index (χ4v) is 3.06. The average molecular weight is 341 g/mol. The second kappa shape index (κ2) is 7.72. The Bertz CT molecular complexity index is 717. The highest BCUT2D eigenvalue weighted by atomic mass is 16.5. The van der Waals surface area contributed by atoms with Gasteiger partial charge in [-0.2, -0.15) is 5.10 Å². The Labute approximate surface area is 149 Å². The fraction of sp³-hybridized carbons (Fsp3) is 0.500. The van der Waals surface area contributed by atoms with Crippen molar-refractivity contribution < 1.29 is 9.53 Å². The molecule has 1 aliphatic carbocycles. The molecule has 0 unspecified atom stereocenters. The molecule has 1 fully saturated rings. The number of aromatic nitrogens is 2. The minimum Gasteiger partial charge on any atom is -0.494 e. The number of amides is 1. The Morgan fingerprint density at radius 1 is 1.28 bits per heavy atom. The van der Waals surface area contributed by atoms with Crippen molar-refractivity contribution in [2.45, 2.75) is 59.2 Å². The maximum absolute atomic E-state index is 13.1. The number of hydrogen-bond acceptors (Lipinski definition) is 3. The molecule has 2 aromatic rings. The Hall–Kier alpha value is -2.30. The van der Waals surface area contributed by atoms with Gasteiger partial charge in [0.15, 0.2) is 0 Å². The van der Waals surface area contributed by atoms with E-state index in [1.165, 1.54) is 0 Å². The molecule has 0 atom stereocenters.